The summed E-state index contributed by atoms with van der Waals surface area (Å²) in [5.74, 6) is 7.16. The molecular formula is C17H26N2O. The van der Waals surface area contributed by atoms with Gasteiger partial charge in [-0.15, -0.1) is 0 Å². The fourth-order valence-electron chi connectivity index (χ4n) is 3.85. The van der Waals surface area contributed by atoms with E-state index < -0.39 is 0 Å². The molecule has 3 unspecified atom stereocenters. The summed E-state index contributed by atoms with van der Waals surface area (Å²) in [5, 5.41) is 0. The van der Waals surface area contributed by atoms with E-state index in [9.17, 15) is 0 Å². The molecule has 3 atom stereocenters. The zero-order valence-electron chi connectivity index (χ0n) is 12.2. The highest BCUT2D eigenvalue weighted by Gasteiger charge is 2.25. The first-order valence-corrected chi connectivity index (χ1v) is 7.98. The van der Waals surface area contributed by atoms with Crippen molar-refractivity contribution in [2.75, 3.05) is 13.2 Å². The Balaban J connectivity index is 1.64. The number of nitrogens with one attached hydrogen (secondary N) is 1. The van der Waals surface area contributed by atoms with E-state index in [1.807, 2.05) is 0 Å². The van der Waals surface area contributed by atoms with Gasteiger partial charge in [0.25, 0.3) is 0 Å². The van der Waals surface area contributed by atoms with Gasteiger partial charge in [-0.1, -0.05) is 24.3 Å². The highest BCUT2D eigenvalue weighted by molar-refractivity contribution is 5.32. The van der Waals surface area contributed by atoms with Crippen LogP contribution < -0.4 is 11.3 Å². The number of hydrazine groups is 1. The topological polar surface area (TPSA) is 47.3 Å². The van der Waals surface area contributed by atoms with E-state index in [0.717, 1.165) is 26.1 Å². The van der Waals surface area contributed by atoms with Crippen LogP contribution in [0.3, 0.4) is 0 Å². The van der Waals surface area contributed by atoms with Gasteiger partial charge < -0.3 is 4.74 Å². The van der Waals surface area contributed by atoms with Gasteiger partial charge in [0.1, 0.15) is 0 Å². The van der Waals surface area contributed by atoms with Gasteiger partial charge in [-0.25, -0.2) is 0 Å². The number of rotatable bonds is 5. The first kappa shape index (κ1) is 14.1. The molecule has 0 radical (unpaired) electrons. The summed E-state index contributed by atoms with van der Waals surface area (Å²) in [5.41, 5.74) is 6.15. The van der Waals surface area contributed by atoms with Crippen molar-refractivity contribution in [3.63, 3.8) is 0 Å². The van der Waals surface area contributed by atoms with Crippen LogP contribution in [0.4, 0.5) is 0 Å². The van der Waals surface area contributed by atoms with E-state index in [-0.39, 0.29) is 0 Å². The summed E-state index contributed by atoms with van der Waals surface area (Å²) in [6, 6.07) is 9.35. The van der Waals surface area contributed by atoms with E-state index in [0.29, 0.717) is 17.9 Å². The number of hydrogen-bond acceptors (Lipinski definition) is 3. The van der Waals surface area contributed by atoms with E-state index in [1.54, 1.807) is 11.1 Å². The van der Waals surface area contributed by atoms with Crippen LogP contribution in [-0.2, 0) is 11.2 Å². The van der Waals surface area contributed by atoms with E-state index in [1.165, 1.54) is 25.7 Å². The predicted octanol–water partition coefficient (Wildman–Crippen LogP) is 2.76. The van der Waals surface area contributed by atoms with Gasteiger partial charge in [-0.3, -0.25) is 11.3 Å². The molecule has 2 aliphatic rings. The number of aryl methyl sites for hydroxylation is 1. The van der Waals surface area contributed by atoms with Crippen molar-refractivity contribution in [3.8, 4) is 0 Å². The van der Waals surface area contributed by atoms with Crippen LogP contribution >= 0.6 is 0 Å². The molecule has 3 heteroatoms. The van der Waals surface area contributed by atoms with Gasteiger partial charge in [0.05, 0.1) is 0 Å². The van der Waals surface area contributed by atoms with Gasteiger partial charge in [0.15, 0.2) is 0 Å². The molecule has 1 saturated heterocycles. The first-order valence-electron chi connectivity index (χ1n) is 7.98. The summed E-state index contributed by atoms with van der Waals surface area (Å²) in [6.07, 6.45) is 7.35. The fourth-order valence-corrected chi connectivity index (χ4v) is 3.85. The summed E-state index contributed by atoms with van der Waals surface area (Å²) in [6.45, 7) is 1.84. The molecule has 3 N–H and O–H groups in total. The van der Waals surface area contributed by atoms with Crippen LogP contribution in [-0.4, -0.2) is 19.3 Å². The molecule has 20 heavy (non-hydrogen) atoms. The summed E-state index contributed by atoms with van der Waals surface area (Å²) in [7, 11) is 0. The number of fused-ring (bicyclic) bond motifs is 1. The van der Waals surface area contributed by atoms with E-state index >= 15 is 0 Å². The standard InChI is InChI=1S/C17H26N2O/c18-19-16(10-13-8-9-20-12-13)11-15-6-3-5-14-4-1-2-7-17(14)15/h1-2,4,7,13,15-16,19H,3,5-6,8-12,18H2. The maximum atomic E-state index is 5.80. The molecule has 1 aliphatic heterocycles. The second-order valence-electron chi connectivity index (χ2n) is 6.35. The van der Waals surface area contributed by atoms with Crippen molar-refractivity contribution in [3.05, 3.63) is 35.4 Å². The minimum Gasteiger partial charge on any atom is -0.381 e. The van der Waals surface area contributed by atoms with Gasteiger partial charge in [0.2, 0.25) is 0 Å². The normalized spacial score (nSPS) is 27.2. The van der Waals surface area contributed by atoms with Crippen molar-refractivity contribution in [2.24, 2.45) is 11.8 Å². The Morgan fingerprint density at radius 3 is 2.95 bits per heavy atom. The van der Waals surface area contributed by atoms with Crippen molar-refractivity contribution < 1.29 is 4.74 Å². The molecule has 1 aromatic carbocycles. The lowest BCUT2D eigenvalue weighted by atomic mass is 9.78. The summed E-state index contributed by atoms with van der Waals surface area (Å²) >= 11 is 0. The molecule has 0 saturated carbocycles. The van der Waals surface area contributed by atoms with Crippen molar-refractivity contribution in [1.82, 2.24) is 5.43 Å². The minimum absolute atomic E-state index is 0.415. The zero-order chi connectivity index (χ0) is 13.8. The van der Waals surface area contributed by atoms with Crippen LogP contribution in [0.15, 0.2) is 24.3 Å². The van der Waals surface area contributed by atoms with Crippen molar-refractivity contribution in [2.45, 2.75) is 50.5 Å². The maximum absolute atomic E-state index is 5.80. The molecule has 0 spiro atoms. The van der Waals surface area contributed by atoms with Gasteiger partial charge in [-0.2, -0.15) is 0 Å². The van der Waals surface area contributed by atoms with Crippen molar-refractivity contribution in [1.29, 1.82) is 0 Å². The van der Waals surface area contributed by atoms with E-state index in [4.69, 9.17) is 10.6 Å². The van der Waals surface area contributed by atoms with Gasteiger partial charge in [0, 0.05) is 19.3 Å². The number of hydrogen-bond donors (Lipinski definition) is 2. The molecule has 0 bridgehead atoms. The summed E-state index contributed by atoms with van der Waals surface area (Å²) in [4.78, 5) is 0. The first-order chi connectivity index (χ1) is 9.86. The lowest BCUT2D eigenvalue weighted by Gasteiger charge is -2.29. The Labute approximate surface area is 121 Å². The maximum Gasteiger partial charge on any atom is 0.0495 e. The molecule has 1 fully saturated rings. The third kappa shape index (κ3) is 3.22. The van der Waals surface area contributed by atoms with Gasteiger partial charge >= 0.3 is 0 Å². The average Bonchev–Trinajstić information content (AvgIpc) is 3.00. The number of benzene rings is 1. The molecule has 1 aliphatic carbocycles. The Bertz CT molecular complexity index is 429. The Kier molecular flexibility index (Phi) is 4.71. The van der Waals surface area contributed by atoms with Crippen LogP contribution in [0.25, 0.3) is 0 Å². The van der Waals surface area contributed by atoms with E-state index in [2.05, 4.69) is 29.7 Å². The smallest absolute Gasteiger partial charge is 0.0495 e. The lowest BCUT2D eigenvalue weighted by Crippen LogP contribution is -2.38. The van der Waals surface area contributed by atoms with Gasteiger partial charge in [-0.05, 0) is 61.5 Å². The highest BCUT2D eigenvalue weighted by atomic mass is 16.5. The lowest BCUT2D eigenvalue weighted by molar-refractivity contribution is 0.180. The minimum atomic E-state index is 0.415. The second-order valence-corrected chi connectivity index (χ2v) is 6.35. The second kappa shape index (κ2) is 6.70. The molecule has 0 amide bonds. The van der Waals surface area contributed by atoms with Crippen LogP contribution in [0.5, 0.6) is 0 Å². The SMILES string of the molecule is NNC(CC1CCOC1)CC1CCCc2ccccc21. The third-order valence-corrected chi connectivity index (χ3v) is 4.94. The monoisotopic (exact) mass is 274 g/mol. The Morgan fingerprint density at radius 2 is 2.15 bits per heavy atom. The largest absolute Gasteiger partial charge is 0.381 e. The average molecular weight is 274 g/mol. The van der Waals surface area contributed by atoms with Crippen LogP contribution in [0.2, 0.25) is 0 Å². The predicted molar refractivity (Wildman–Crippen MR) is 81.4 cm³/mol. The number of nitrogens with two attached hydrogens (primary N) is 1. The molecule has 3 rings (SSSR count). The molecular weight excluding hydrogens is 248 g/mol. The molecule has 1 heterocycles. The Morgan fingerprint density at radius 1 is 1.25 bits per heavy atom. The zero-order valence-corrected chi connectivity index (χ0v) is 12.2. The van der Waals surface area contributed by atoms with Crippen molar-refractivity contribution >= 4 is 0 Å². The summed E-state index contributed by atoms with van der Waals surface area (Å²) < 4.78 is 5.48. The van der Waals surface area contributed by atoms with Crippen LogP contribution in [0, 0.1) is 5.92 Å². The molecule has 0 aromatic heterocycles. The molecule has 3 nitrogen and oxygen atoms in total. The van der Waals surface area contributed by atoms with Crippen LogP contribution in [0.1, 0.15) is 49.1 Å². The Hall–Kier alpha value is -0.900. The number of ether oxygens (including phenoxy) is 1. The third-order valence-electron chi connectivity index (χ3n) is 4.94. The molecule has 1 aromatic rings. The highest BCUT2D eigenvalue weighted by Crippen LogP contribution is 2.35. The fraction of sp³-hybridized carbons (Fsp3) is 0.647. The quantitative estimate of drug-likeness (QED) is 0.641. The molecule has 110 valence electrons.